The maximum absolute atomic E-state index is 15.0. The molecule has 43 heavy (non-hydrogen) atoms. The second-order valence-corrected chi connectivity index (χ2v) is 10.3. The molecule has 12 nitrogen and oxygen atoms in total. The van der Waals surface area contributed by atoms with Crippen molar-refractivity contribution in [1.82, 2.24) is 19.6 Å². The van der Waals surface area contributed by atoms with Gasteiger partial charge in [-0.25, -0.2) is 8.78 Å². The van der Waals surface area contributed by atoms with Gasteiger partial charge in [0.25, 0.3) is 0 Å². The third kappa shape index (κ3) is 7.21. The summed E-state index contributed by atoms with van der Waals surface area (Å²) in [6.07, 6.45) is 3.88. The fourth-order valence-electron chi connectivity index (χ4n) is 5.16. The summed E-state index contributed by atoms with van der Waals surface area (Å²) < 4.78 is 42.4. The van der Waals surface area contributed by atoms with Gasteiger partial charge in [0.2, 0.25) is 5.91 Å². The van der Waals surface area contributed by atoms with Crippen LogP contribution >= 0.6 is 0 Å². The molecule has 0 atom stereocenters. The molecule has 1 saturated heterocycles. The summed E-state index contributed by atoms with van der Waals surface area (Å²) in [6, 6.07) is 7.47. The van der Waals surface area contributed by atoms with E-state index in [-0.39, 0.29) is 25.5 Å². The third-order valence-corrected chi connectivity index (χ3v) is 7.39. The van der Waals surface area contributed by atoms with Crippen LogP contribution in [0.25, 0.3) is 5.82 Å². The molecule has 0 radical (unpaired) electrons. The predicted molar refractivity (Wildman–Crippen MR) is 156 cm³/mol. The van der Waals surface area contributed by atoms with Crippen molar-refractivity contribution in [1.29, 1.82) is 0 Å². The molecule has 1 aromatic heterocycles. The van der Waals surface area contributed by atoms with Crippen molar-refractivity contribution in [2.75, 3.05) is 76.5 Å². The number of nitrogens with two attached hydrogens (primary N) is 1. The van der Waals surface area contributed by atoms with Crippen molar-refractivity contribution in [2.45, 2.75) is 13.0 Å². The fourth-order valence-corrected chi connectivity index (χ4v) is 5.16. The van der Waals surface area contributed by atoms with Gasteiger partial charge in [0.05, 0.1) is 30.0 Å². The average Bonchev–Trinajstić information content (AvgIpc) is 3.44. The molecule has 0 spiro atoms. The van der Waals surface area contributed by atoms with E-state index in [9.17, 15) is 13.6 Å². The highest BCUT2D eigenvalue weighted by atomic mass is 19.2. The molecular formula is C29H36F2N8O4. The number of piperazine rings is 1. The van der Waals surface area contributed by atoms with Crippen LogP contribution in [0.1, 0.15) is 6.42 Å². The number of carbonyl (C=O) groups excluding carboxylic acids is 1. The molecule has 3 aromatic rings. The van der Waals surface area contributed by atoms with E-state index in [4.69, 9.17) is 20.3 Å². The van der Waals surface area contributed by atoms with Crippen molar-refractivity contribution >= 4 is 23.1 Å². The lowest BCUT2D eigenvalue weighted by Gasteiger charge is -2.34. The molecule has 2 aliphatic heterocycles. The topological polar surface area (TPSA) is 134 Å². The zero-order chi connectivity index (χ0) is 30.3. The molecule has 2 aromatic carbocycles. The summed E-state index contributed by atoms with van der Waals surface area (Å²) in [7, 11) is 1.53. The third-order valence-electron chi connectivity index (χ3n) is 7.39. The summed E-state index contributed by atoms with van der Waals surface area (Å²) in [5, 5.41) is 17.6. The number of primary amides is 1. The minimum absolute atomic E-state index is 0.00252. The van der Waals surface area contributed by atoms with Gasteiger partial charge >= 0.3 is 0 Å². The van der Waals surface area contributed by atoms with Crippen LogP contribution < -0.4 is 36.0 Å². The Balaban J connectivity index is 1.41. The number of anilines is 2. The van der Waals surface area contributed by atoms with Gasteiger partial charge in [-0.2, -0.15) is 5.10 Å². The van der Waals surface area contributed by atoms with Crippen LogP contribution in [0.15, 0.2) is 47.7 Å². The molecule has 0 bridgehead atoms. The lowest BCUT2D eigenvalue weighted by molar-refractivity contribution is -0.118. The minimum atomic E-state index is -1.01. The number of methoxy groups -OCH3 is 1. The number of fused-ring (bicyclic) bond motifs is 1. The summed E-state index contributed by atoms with van der Waals surface area (Å²) in [4.78, 5) is 22.2. The first kappa shape index (κ1) is 30.2. The van der Waals surface area contributed by atoms with Gasteiger partial charge < -0.3 is 35.4 Å². The number of hydrogen-bond donors (Lipinski definition) is 3. The molecule has 2 aliphatic rings. The highest BCUT2D eigenvalue weighted by molar-refractivity contribution is 5.78. The van der Waals surface area contributed by atoms with E-state index in [1.165, 1.54) is 35.0 Å². The Labute approximate surface area is 247 Å². The second kappa shape index (κ2) is 13.8. The van der Waals surface area contributed by atoms with Crippen LogP contribution in [0.5, 0.6) is 11.5 Å². The maximum atomic E-state index is 15.0. The molecular weight excluding hydrogens is 562 g/mol. The van der Waals surface area contributed by atoms with Gasteiger partial charge in [-0.3, -0.25) is 19.4 Å². The largest absolute Gasteiger partial charge is 0.493 e. The normalized spacial score (nSPS) is 15.6. The number of aromatic nitrogens is 2. The Morgan fingerprint density at radius 1 is 1.12 bits per heavy atom. The van der Waals surface area contributed by atoms with Crippen molar-refractivity contribution in [3.63, 3.8) is 0 Å². The van der Waals surface area contributed by atoms with Crippen LogP contribution in [0.2, 0.25) is 0 Å². The van der Waals surface area contributed by atoms with Crippen LogP contribution in [0.3, 0.4) is 0 Å². The van der Waals surface area contributed by atoms with Crippen molar-refractivity contribution in [3.05, 3.63) is 64.9 Å². The smallest absolute Gasteiger partial charge is 0.239 e. The lowest BCUT2D eigenvalue weighted by atomic mass is 10.2. The van der Waals surface area contributed by atoms with Gasteiger partial charge in [0.15, 0.2) is 23.1 Å². The van der Waals surface area contributed by atoms with E-state index in [1.54, 1.807) is 18.3 Å². The molecule has 0 saturated carbocycles. The van der Waals surface area contributed by atoms with Crippen molar-refractivity contribution in [3.8, 4) is 11.5 Å². The number of ether oxygens (including phenoxy) is 2. The number of carbonyl (C=O) groups is 1. The predicted octanol–water partition coefficient (Wildman–Crippen LogP) is 0.309. The Bertz CT molecular complexity index is 1560. The zero-order valence-electron chi connectivity index (χ0n) is 24.0. The Morgan fingerprint density at radius 3 is 2.60 bits per heavy atom. The molecule has 1 fully saturated rings. The van der Waals surface area contributed by atoms with Gasteiger partial charge in [0, 0.05) is 63.4 Å². The summed E-state index contributed by atoms with van der Waals surface area (Å²) in [5.74, 6) is -1.16. The highest BCUT2D eigenvalue weighted by Crippen LogP contribution is 2.28. The van der Waals surface area contributed by atoms with Crippen LogP contribution in [-0.2, 0) is 11.3 Å². The van der Waals surface area contributed by atoms with Gasteiger partial charge in [-0.1, -0.05) is 6.07 Å². The number of amides is 1. The number of nitrogens with one attached hydrogen (secondary N) is 1. The van der Waals surface area contributed by atoms with Crippen molar-refractivity contribution < 1.29 is 28.2 Å². The summed E-state index contributed by atoms with van der Waals surface area (Å²) in [6.45, 7) is 5.95. The number of aliphatic hydroxyl groups excluding tert-OH is 1. The van der Waals surface area contributed by atoms with E-state index in [1.807, 2.05) is 0 Å². The van der Waals surface area contributed by atoms with E-state index < -0.39 is 17.5 Å². The summed E-state index contributed by atoms with van der Waals surface area (Å²) in [5.41, 5.74) is 5.79. The Hall–Kier alpha value is -4.27. The van der Waals surface area contributed by atoms with E-state index in [2.05, 4.69) is 25.2 Å². The fraction of sp³-hybridized carbons (Fsp3) is 0.414. The second-order valence-electron chi connectivity index (χ2n) is 10.3. The highest BCUT2D eigenvalue weighted by Gasteiger charge is 2.24. The number of nitrogens with zero attached hydrogens (tertiary/aromatic N) is 6. The van der Waals surface area contributed by atoms with Gasteiger partial charge in [-0.05, 0) is 24.6 Å². The molecule has 230 valence electrons. The van der Waals surface area contributed by atoms with Crippen molar-refractivity contribution in [2.24, 2.45) is 10.7 Å². The number of aliphatic hydroxyl groups is 1. The minimum Gasteiger partial charge on any atom is -0.493 e. The number of benzene rings is 2. The molecule has 3 heterocycles. The zero-order valence-corrected chi connectivity index (χ0v) is 24.0. The Morgan fingerprint density at radius 2 is 1.88 bits per heavy atom. The monoisotopic (exact) mass is 598 g/mol. The number of halogens is 2. The summed E-state index contributed by atoms with van der Waals surface area (Å²) >= 11 is 0. The Kier molecular flexibility index (Phi) is 9.69. The first-order valence-corrected chi connectivity index (χ1v) is 14.1. The molecule has 1 amide bonds. The molecule has 4 N–H and O–H groups in total. The van der Waals surface area contributed by atoms with E-state index in [0.29, 0.717) is 40.2 Å². The molecule has 0 unspecified atom stereocenters. The number of hydrogen-bond acceptors (Lipinski definition) is 10. The van der Waals surface area contributed by atoms with Crippen LogP contribution in [0, 0.1) is 11.6 Å². The van der Waals surface area contributed by atoms with Gasteiger partial charge in [0.1, 0.15) is 25.6 Å². The van der Waals surface area contributed by atoms with Crippen LogP contribution in [-0.4, -0.2) is 96.9 Å². The average molecular weight is 599 g/mol. The molecule has 5 rings (SSSR count). The molecule has 14 heteroatoms. The number of rotatable bonds is 13. The first-order valence-electron chi connectivity index (χ1n) is 14.1. The van der Waals surface area contributed by atoms with E-state index >= 15 is 0 Å². The standard InChI is InChI=1S/C29H36F2N8O4/c1-42-25-14-21-23(15-26(25)43-13-11-37-9-7-36(8-10-37)6-3-12-40)33-19-39(24-5-2-4-22(30)28(24)31)29(21)35-20-16-34-38(17-20)18-27(32)41/h2,4-5,14-17,35,40H,3,6-13,18-19H2,1H3,(H2,32,41). The van der Waals surface area contributed by atoms with E-state index in [0.717, 1.165) is 51.8 Å². The van der Waals surface area contributed by atoms with Gasteiger partial charge in [-0.15, -0.1) is 0 Å². The maximum Gasteiger partial charge on any atom is 0.239 e. The van der Waals surface area contributed by atoms with Crippen LogP contribution in [0.4, 0.5) is 20.2 Å². The SMILES string of the molecule is COc1cc2c(cc1OCCN1CCN(CCCO)CC1)=NCN(c1cccc(F)c1F)C=2Nc1cnn(CC(N)=O)c1. The quantitative estimate of drug-likeness (QED) is 0.254. The first-order chi connectivity index (χ1) is 20.9. The molecule has 0 aliphatic carbocycles. The lowest BCUT2D eigenvalue weighted by Crippen LogP contribution is -2.47.